The molecule has 5 N–H and O–H groups in total. The highest BCUT2D eigenvalue weighted by atomic mass is 16.5. The molecule has 0 bridgehead atoms. The second-order valence-electron chi connectivity index (χ2n) is 6.12. The van der Waals surface area contributed by atoms with E-state index in [1.165, 1.54) is 6.07 Å². The molecule has 27 heavy (non-hydrogen) atoms. The van der Waals surface area contributed by atoms with E-state index in [0.29, 0.717) is 17.1 Å². The molecule has 7 nitrogen and oxygen atoms in total. The molecule has 0 amide bonds. The van der Waals surface area contributed by atoms with Crippen molar-refractivity contribution in [1.82, 2.24) is 4.98 Å². The number of anilines is 2. The van der Waals surface area contributed by atoms with Crippen LogP contribution in [-0.4, -0.2) is 17.2 Å². The molecule has 2 heterocycles. The van der Waals surface area contributed by atoms with Crippen LogP contribution in [0.1, 0.15) is 28.2 Å². The Hall–Kier alpha value is -3.92. The van der Waals surface area contributed by atoms with Crippen LogP contribution in [0.3, 0.4) is 0 Å². The number of hydrogen-bond donors (Lipinski definition) is 3. The fourth-order valence-corrected chi connectivity index (χ4v) is 3.43. The Labute approximate surface area is 155 Å². The van der Waals surface area contributed by atoms with Gasteiger partial charge >= 0.3 is 0 Å². The molecule has 0 saturated heterocycles. The third-order valence-corrected chi connectivity index (χ3v) is 4.63. The molecule has 0 saturated carbocycles. The van der Waals surface area contributed by atoms with E-state index < -0.39 is 5.92 Å². The van der Waals surface area contributed by atoms with Crippen LogP contribution in [0.4, 0.5) is 11.5 Å². The third kappa shape index (κ3) is 2.47. The smallest absolute Gasteiger partial charge is 0.227 e. The minimum absolute atomic E-state index is 0.00358. The molecule has 0 unspecified atom stereocenters. The fraction of sp³-hybridized carbons (Fsp3) is 0.100. The minimum atomic E-state index is -0.402. The Morgan fingerprint density at radius 2 is 1.96 bits per heavy atom. The minimum Gasteiger partial charge on any atom is -0.508 e. The van der Waals surface area contributed by atoms with E-state index >= 15 is 0 Å². The number of pyridine rings is 1. The fourth-order valence-electron chi connectivity index (χ4n) is 3.43. The Kier molecular flexibility index (Phi) is 3.74. The number of para-hydroxylation sites is 1. The number of nitrogens with two attached hydrogens (primary N) is 2. The zero-order valence-electron chi connectivity index (χ0n) is 14.4. The number of nitrogens with zero attached hydrogens (tertiary/aromatic N) is 2. The van der Waals surface area contributed by atoms with E-state index in [4.69, 9.17) is 20.9 Å². The highest BCUT2D eigenvalue weighted by Gasteiger charge is 2.35. The summed E-state index contributed by atoms with van der Waals surface area (Å²) in [6.07, 6.45) is 0. The molecule has 0 spiro atoms. The van der Waals surface area contributed by atoms with Gasteiger partial charge in [0, 0.05) is 23.1 Å². The van der Waals surface area contributed by atoms with Crippen LogP contribution in [0.5, 0.6) is 23.1 Å². The summed E-state index contributed by atoms with van der Waals surface area (Å²) in [5, 5.41) is 19.3. The summed E-state index contributed by atoms with van der Waals surface area (Å²) >= 11 is 0. The van der Waals surface area contributed by atoms with Crippen LogP contribution in [0.15, 0.2) is 42.5 Å². The number of nitriles is 1. The number of phenols is 1. The Morgan fingerprint density at radius 3 is 2.70 bits per heavy atom. The largest absolute Gasteiger partial charge is 0.508 e. The molecule has 1 aliphatic heterocycles. The number of hydrogen-bond acceptors (Lipinski definition) is 7. The van der Waals surface area contributed by atoms with Crippen molar-refractivity contribution in [3.63, 3.8) is 0 Å². The molecule has 0 aliphatic carbocycles. The first-order valence-corrected chi connectivity index (χ1v) is 8.17. The van der Waals surface area contributed by atoms with Gasteiger partial charge in [0.2, 0.25) is 5.88 Å². The predicted octanol–water partition coefficient (Wildman–Crippen LogP) is 3.12. The number of aromatic nitrogens is 1. The number of aromatic hydroxyl groups is 1. The SMILES string of the molecule is COc1ccccc1[C@@H]1c2ccc(O)cc2Oc2nc(N)c(C#N)c(N)c21. The zero-order valence-corrected chi connectivity index (χ0v) is 14.4. The maximum Gasteiger partial charge on any atom is 0.227 e. The summed E-state index contributed by atoms with van der Waals surface area (Å²) in [5.74, 6) is 0.957. The second-order valence-corrected chi connectivity index (χ2v) is 6.12. The quantitative estimate of drug-likeness (QED) is 0.501. The topological polar surface area (TPSA) is 127 Å². The van der Waals surface area contributed by atoms with Crippen LogP contribution < -0.4 is 20.9 Å². The predicted molar refractivity (Wildman–Crippen MR) is 99.9 cm³/mol. The molecule has 0 fully saturated rings. The van der Waals surface area contributed by atoms with Gasteiger partial charge in [-0.3, -0.25) is 0 Å². The van der Waals surface area contributed by atoms with Gasteiger partial charge in [-0.1, -0.05) is 24.3 Å². The maximum absolute atomic E-state index is 9.87. The van der Waals surface area contributed by atoms with Crippen molar-refractivity contribution < 1.29 is 14.6 Å². The normalized spacial score (nSPS) is 14.4. The number of ether oxygens (including phenoxy) is 2. The first-order chi connectivity index (χ1) is 13.0. The van der Waals surface area contributed by atoms with Crippen LogP contribution >= 0.6 is 0 Å². The molecular weight excluding hydrogens is 344 g/mol. The lowest BCUT2D eigenvalue weighted by atomic mass is 9.81. The zero-order chi connectivity index (χ0) is 19.1. The number of nitrogen functional groups attached to an aromatic ring is 2. The van der Waals surface area contributed by atoms with Crippen molar-refractivity contribution in [3.05, 3.63) is 64.7 Å². The lowest BCUT2D eigenvalue weighted by Gasteiger charge is -2.30. The van der Waals surface area contributed by atoms with Crippen molar-refractivity contribution in [2.45, 2.75) is 5.92 Å². The number of benzene rings is 2. The highest BCUT2D eigenvalue weighted by Crippen LogP contribution is 2.52. The van der Waals surface area contributed by atoms with Gasteiger partial charge in [0.25, 0.3) is 0 Å². The van der Waals surface area contributed by atoms with E-state index in [2.05, 4.69) is 4.98 Å². The molecule has 1 atom stereocenters. The number of phenolic OH excluding ortho intramolecular Hbond substituents is 1. The van der Waals surface area contributed by atoms with Crippen LogP contribution in [0.25, 0.3) is 0 Å². The lowest BCUT2D eigenvalue weighted by molar-refractivity contribution is 0.402. The third-order valence-electron chi connectivity index (χ3n) is 4.63. The van der Waals surface area contributed by atoms with Gasteiger partial charge in [-0.15, -0.1) is 0 Å². The van der Waals surface area contributed by atoms with Crippen LogP contribution in [0.2, 0.25) is 0 Å². The monoisotopic (exact) mass is 360 g/mol. The number of fused-ring (bicyclic) bond motifs is 2. The second kappa shape index (κ2) is 6.11. The van der Waals surface area contributed by atoms with Gasteiger partial charge in [-0.2, -0.15) is 10.2 Å². The summed E-state index contributed by atoms with van der Waals surface area (Å²) < 4.78 is 11.4. The van der Waals surface area contributed by atoms with Crippen molar-refractivity contribution in [2.24, 2.45) is 0 Å². The summed E-state index contributed by atoms with van der Waals surface area (Å²) in [5.41, 5.74) is 14.7. The van der Waals surface area contributed by atoms with E-state index in [1.54, 1.807) is 19.2 Å². The van der Waals surface area contributed by atoms with Crippen molar-refractivity contribution in [1.29, 1.82) is 5.26 Å². The van der Waals surface area contributed by atoms with Gasteiger partial charge in [0.15, 0.2) is 0 Å². The van der Waals surface area contributed by atoms with Gasteiger partial charge in [-0.25, -0.2) is 0 Å². The van der Waals surface area contributed by atoms with Gasteiger partial charge in [0.05, 0.1) is 18.4 Å². The average Bonchev–Trinajstić information content (AvgIpc) is 2.66. The van der Waals surface area contributed by atoms with Gasteiger partial charge in [-0.05, 0) is 12.1 Å². The van der Waals surface area contributed by atoms with Crippen molar-refractivity contribution in [2.75, 3.05) is 18.6 Å². The standard InChI is InChI=1S/C20H16N4O3/c1-26-14-5-3-2-4-11(14)16-12-7-6-10(25)8-15(12)27-20-17(16)18(22)13(9-21)19(23)24-20/h2-8,16,25H,1H3,(H4,22,23,24)/t16-/m1/s1. The molecule has 134 valence electrons. The molecule has 3 aromatic rings. The molecule has 1 aliphatic rings. The van der Waals surface area contributed by atoms with E-state index in [-0.39, 0.29) is 28.7 Å². The van der Waals surface area contributed by atoms with Crippen LogP contribution in [-0.2, 0) is 0 Å². The molecule has 0 radical (unpaired) electrons. The van der Waals surface area contributed by atoms with Crippen molar-refractivity contribution in [3.8, 4) is 29.2 Å². The lowest BCUT2D eigenvalue weighted by Crippen LogP contribution is -2.17. The first kappa shape index (κ1) is 16.5. The van der Waals surface area contributed by atoms with Crippen LogP contribution in [0, 0.1) is 11.3 Å². The van der Waals surface area contributed by atoms with E-state index in [1.807, 2.05) is 30.3 Å². The Bertz CT molecular complexity index is 1110. The molecule has 1 aromatic heterocycles. The Balaban J connectivity index is 2.08. The summed E-state index contributed by atoms with van der Waals surface area (Å²) in [4.78, 5) is 4.24. The molecule has 4 rings (SSSR count). The Morgan fingerprint density at radius 1 is 1.19 bits per heavy atom. The van der Waals surface area contributed by atoms with E-state index in [0.717, 1.165) is 11.1 Å². The molecule has 2 aromatic carbocycles. The summed E-state index contributed by atoms with van der Waals surface area (Å²) in [6, 6.07) is 14.4. The highest BCUT2D eigenvalue weighted by molar-refractivity contribution is 5.76. The van der Waals surface area contributed by atoms with Crippen molar-refractivity contribution >= 4 is 11.5 Å². The first-order valence-electron chi connectivity index (χ1n) is 8.17. The van der Waals surface area contributed by atoms with Gasteiger partial charge in [0.1, 0.15) is 34.7 Å². The number of rotatable bonds is 2. The number of methoxy groups -OCH3 is 1. The maximum atomic E-state index is 9.87. The van der Waals surface area contributed by atoms with E-state index in [9.17, 15) is 10.4 Å². The van der Waals surface area contributed by atoms with Gasteiger partial charge < -0.3 is 26.0 Å². The summed E-state index contributed by atoms with van der Waals surface area (Å²) in [7, 11) is 1.59. The molecular formula is C20H16N4O3. The molecule has 7 heteroatoms. The average molecular weight is 360 g/mol. The summed E-state index contributed by atoms with van der Waals surface area (Å²) in [6.45, 7) is 0.